The molecule has 1 fully saturated rings. The van der Waals surface area contributed by atoms with E-state index in [1.54, 1.807) is 0 Å². The van der Waals surface area contributed by atoms with Crippen LogP contribution in [0.15, 0.2) is 24.3 Å². The normalized spacial score (nSPS) is 22.8. The second-order valence-corrected chi connectivity index (χ2v) is 8.97. The fourth-order valence-corrected chi connectivity index (χ4v) is 4.97. The van der Waals surface area contributed by atoms with Gasteiger partial charge in [-0.3, -0.25) is 0 Å². The van der Waals surface area contributed by atoms with E-state index < -0.39 is 69.3 Å². The number of fused-ring (bicyclic) bond motifs is 3. The lowest BCUT2D eigenvalue weighted by Gasteiger charge is -2.36. The Morgan fingerprint density at radius 1 is 0.800 bits per heavy atom. The van der Waals surface area contributed by atoms with Crippen LogP contribution < -0.4 is 9.47 Å². The summed E-state index contributed by atoms with van der Waals surface area (Å²) in [6.07, 6.45) is -1.83. The molecule has 2 aliphatic rings. The third-order valence-corrected chi connectivity index (χ3v) is 6.97. The van der Waals surface area contributed by atoms with Gasteiger partial charge < -0.3 is 9.47 Å². The van der Waals surface area contributed by atoms with Crippen LogP contribution in [0.2, 0.25) is 0 Å². The van der Waals surface area contributed by atoms with Crippen LogP contribution >= 0.6 is 0 Å². The highest BCUT2D eigenvalue weighted by atomic mass is 19.3. The van der Waals surface area contributed by atoms with Gasteiger partial charge in [0.05, 0.1) is 23.7 Å². The molecule has 10 heteroatoms. The van der Waals surface area contributed by atoms with Crippen molar-refractivity contribution in [2.75, 3.05) is 6.61 Å². The maximum atomic E-state index is 15.2. The smallest absolute Gasteiger partial charge is 0.400 e. The van der Waals surface area contributed by atoms with Gasteiger partial charge in [-0.05, 0) is 73.9 Å². The second kappa shape index (κ2) is 8.85. The topological polar surface area (TPSA) is 18.5 Å². The summed E-state index contributed by atoms with van der Waals surface area (Å²) in [5.74, 6) is -17.1. The first kappa shape index (κ1) is 25.6. The van der Waals surface area contributed by atoms with E-state index in [0.717, 1.165) is 24.6 Å². The number of ether oxygens (including phenoxy) is 2. The Morgan fingerprint density at radius 3 is 1.77 bits per heavy atom. The molecule has 0 N–H and O–H groups in total. The summed E-state index contributed by atoms with van der Waals surface area (Å²) in [7, 11) is 0. The quantitative estimate of drug-likeness (QED) is 0.365. The van der Waals surface area contributed by atoms with Crippen LogP contribution in [0, 0.1) is 23.5 Å². The van der Waals surface area contributed by atoms with Gasteiger partial charge in [-0.1, -0.05) is 13.3 Å². The monoisotopic (exact) mass is 508 g/mol. The first-order valence-corrected chi connectivity index (χ1v) is 11.5. The summed E-state index contributed by atoms with van der Waals surface area (Å²) in [6.45, 7) is 3.28. The average Bonchev–Trinajstić information content (AvgIpc) is 2.80. The van der Waals surface area contributed by atoms with Gasteiger partial charge >= 0.3 is 18.0 Å². The van der Waals surface area contributed by atoms with Gasteiger partial charge in [-0.15, -0.1) is 0 Å². The number of alkyl halides is 6. The van der Waals surface area contributed by atoms with Crippen molar-refractivity contribution < 1.29 is 44.6 Å². The molecular formula is C25H24F8O2. The zero-order valence-corrected chi connectivity index (χ0v) is 19.0. The summed E-state index contributed by atoms with van der Waals surface area (Å²) in [6, 6.07) is 3.31. The highest BCUT2D eigenvalue weighted by Crippen LogP contribution is 2.60. The van der Waals surface area contributed by atoms with Crippen molar-refractivity contribution in [1.29, 1.82) is 0 Å². The van der Waals surface area contributed by atoms with E-state index in [2.05, 4.69) is 4.74 Å². The molecule has 2 aromatic rings. The Balaban J connectivity index is 1.77. The number of hydrogen-bond donors (Lipinski definition) is 0. The molecule has 0 radical (unpaired) electrons. The molecule has 0 amide bonds. The van der Waals surface area contributed by atoms with Crippen LogP contribution in [0.5, 0.6) is 11.5 Å². The molecule has 0 aromatic heterocycles. The second-order valence-electron chi connectivity index (χ2n) is 8.97. The van der Waals surface area contributed by atoms with Crippen molar-refractivity contribution in [1.82, 2.24) is 0 Å². The molecule has 192 valence electrons. The average molecular weight is 508 g/mol. The molecule has 2 aliphatic carbocycles. The van der Waals surface area contributed by atoms with E-state index in [1.165, 1.54) is 6.92 Å². The standard InChI is InChI=1S/C25H24F8O2/c1-3-13-5-7-14(8-6-13)25(32,33)35-18-12-10-16-15-9-11-17(34-4-2)21(26)19(15)23(28,29)24(30,31)20(16)22(18)27/h9-14H,3-8H2,1-2H3. The largest absolute Gasteiger partial charge is 0.491 e. The van der Waals surface area contributed by atoms with Crippen LogP contribution in [-0.4, -0.2) is 12.7 Å². The lowest BCUT2D eigenvalue weighted by molar-refractivity contribution is -0.231. The Kier molecular flexibility index (Phi) is 6.47. The molecule has 0 spiro atoms. The molecule has 0 atom stereocenters. The summed E-state index contributed by atoms with van der Waals surface area (Å²) in [5, 5.41) is 0. The first-order valence-electron chi connectivity index (χ1n) is 11.5. The Morgan fingerprint density at radius 2 is 1.29 bits per heavy atom. The molecule has 35 heavy (non-hydrogen) atoms. The number of benzene rings is 2. The van der Waals surface area contributed by atoms with E-state index in [4.69, 9.17) is 4.74 Å². The fourth-order valence-electron chi connectivity index (χ4n) is 4.97. The van der Waals surface area contributed by atoms with E-state index >= 15 is 13.2 Å². The molecule has 0 aliphatic heterocycles. The summed E-state index contributed by atoms with van der Waals surface area (Å²) in [4.78, 5) is 0. The third-order valence-electron chi connectivity index (χ3n) is 6.97. The van der Waals surface area contributed by atoms with Crippen molar-refractivity contribution in [3.8, 4) is 22.6 Å². The van der Waals surface area contributed by atoms with Crippen LogP contribution in [0.4, 0.5) is 35.1 Å². The predicted molar refractivity (Wildman–Crippen MR) is 112 cm³/mol. The lowest BCUT2D eigenvalue weighted by atomic mass is 9.79. The number of hydrogen-bond acceptors (Lipinski definition) is 2. The van der Waals surface area contributed by atoms with Gasteiger partial charge in [0, 0.05) is 0 Å². The maximum absolute atomic E-state index is 15.2. The minimum absolute atomic E-state index is 0.0983. The Labute approximate surface area is 197 Å². The van der Waals surface area contributed by atoms with Gasteiger partial charge in [-0.25, -0.2) is 8.78 Å². The highest BCUT2D eigenvalue weighted by Gasteiger charge is 2.66. The fraction of sp³-hybridized carbons (Fsp3) is 0.520. The van der Waals surface area contributed by atoms with Crippen molar-refractivity contribution in [2.45, 2.75) is 63.9 Å². The minimum Gasteiger partial charge on any atom is -0.491 e. The van der Waals surface area contributed by atoms with Crippen molar-refractivity contribution >= 4 is 0 Å². The van der Waals surface area contributed by atoms with E-state index in [1.807, 2.05) is 6.92 Å². The van der Waals surface area contributed by atoms with E-state index in [-0.39, 0.29) is 25.4 Å². The molecule has 0 saturated heterocycles. The number of rotatable bonds is 6. The molecule has 1 saturated carbocycles. The summed E-state index contributed by atoms with van der Waals surface area (Å²) < 4.78 is 129. The maximum Gasteiger partial charge on any atom is 0.400 e. The summed E-state index contributed by atoms with van der Waals surface area (Å²) in [5.41, 5.74) is -4.89. The minimum atomic E-state index is -5.25. The molecule has 0 unspecified atom stereocenters. The van der Waals surface area contributed by atoms with Crippen molar-refractivity contribution in [3.63, 3.8) is 0 Å². The van der Waals surface area contributed by atoms with Gasteiger partial charge in [0.15, 0.2) is 23.1 Å². The Bertz CT molecular complexity index is 1110. The van der Waals surface area contributed by atoms with Gasteiger partial charge in [0.25, 0.3) is 0 Å². The van der Waals surface area contributed by atoms with Crippen LogP contribution in [-0.2, 0) is 11.8 Å². The molecule has 0 heterocycles. The van der Waals surface area contributed by atoms with Crippen LogP contribution in [0.25, 0.3) is 11.1 Å². The first-order chi connectivity index (χ1) is 16.4. The Hall–Kier alpha value is -2.52. The van der Waals surface area contributed by atoms with Crippen molar-refractivity contribution in [2.24, 2.45) is 11.8 Å². The van der Waals surface area contributed by atoms with E-state index in [0.29, 0.717) is 18.9 Å². The van der Waals surface area contributed by atoms with Gasteiger partial charge in [0.1, 0.15) is 0 Å². The zero-order valence-electron chi connectivity index (χ0n) is 19.0. The van der Waals surface area contributed by atoms with Gasteiger partial charge in [-0.2, -0.15) is 26.3 Å². The van der Waals surface area contributed by atoms with Gasteiger partial charge in [0.2, 0.25) is 0 Å². The molecule has 2 aromatic carbocycles. The number of halogens is 8. The van der Waals surface area contributed by atoms with Crippen LogP contribution in [0.1, 0.15) is 57.1 Å². The highest BCUT2D eigenvalue weighted by molar-refractivity contribution is 5.78. The SMILES string of the molecule is CCOc1ccc2c(c1F)C(F)(F)C(F)(F)c1c-2ccc(OC(F)(F)C2CCC(CC)CC2)c1F. The molecular weight excluding hydrogens is 484 g/mol. The molecule has 0 bridgehead atoms. The van der Waals surface area contributed by atoms with Crippen LogP contribution in [0.3, 0.4) is 0 Å². The van der Waals surface area contributed by atoms with Crippen molar-refractivity contribution in [3.05, 3.63) is 47.0 Å². The lowest BCUT2D eigenvalue weighted by Crippen LogP contribution is -2.41. The summed E-state index contributed by atoms with van der Waals surface area (Å²) >= 11 is 0. The van der Waals surface area contributed by atoms with E-state index in [9.17, 15) is 22.0 Å². The predicted octanol–water partition coefficient (Wildman–Crippen LogP) is 8.42. The molecule has 4 rings (SSSR count). The third kappa shape index (κ3) is 4.02. The molecule has 2 nitrogen and oxygen atoms in total. The zero-order chi connectivity index (χ0) is 25.8.